The van der Waals surface area contributed by atoms with Crippen LogP contribution >= 0.6 is 22.9 Å². The molecule has 2 fully saturated rings. The van der Waals surface area contributed by atoms with Crippen molar-refractivity contribution in [3.63, 3.8) is 0 Å². The number of carbonyl (C=O) groups excluding carboxylic acids is 2. The first kappa shape index (κ1) is 24.1. The number of benzene rings is 2. The first-order chi connectivity index (χ1) is 16.7. The van der Waals surface area contributed by atoms with E-state index in [1.165, 1.54) is 5.38 Å². The smallest absolute Gasteiger partial charge is 0.321 e. The lowest BCUT2D eigenvalue weighted by Crippen LogP contribution is -2.46. The largest absolute Gasteiger partial charge is 0.337 e. The molecule has 0 atom stereocenters. The minimum atomic E-state index is -3.48. The number of thiophene rings is 1. The summed E-state index contributed by atoms with van der Waals surface area (Å²) in [6.07, 6.45) is 3.57. The molecule has 0 bridgehead atoms. The van der Waals surface area contributed by atoms with Crippen LogP contribution in [0.25, 0.3) is 10.8 Å². The van der Waals surface area contributed by atoms with Crippen LogP contribution in [0.2, 0.25) is 5.02 Å². The fourth-order valence-electron chi connectivity index (χ4n) is 5.10. The summed E-state index contributed by atoms with van der Waals surface area (Å²) in [5.74, 6) is -0.220. The van der Waals surface area contributed by atoms with Gasteiger partial charge >= 0.3 is 6.03 Å². The molecule has 3 aromatic rings. The second kappa shape index (κ2) is 9.11. The number of nitrogens with one attached hydrogen (secondary N) is 1. The van der Waals surface area contributed by atoms with Crippen molar-refractivity contribution in [2.75, 3.05) is 37.8 Å². The van der Waals surface area contributed by atoms with E-state index in [4.69, 9.17) is 11.6 Å². The Morgan fingerprint density at radius 2 is 1.66 bits per heavy atom. The molecule has 5 rings (SSSR count). The van der Waals surface area contributed by atoms with Crippen LogP contribution in [-0.2, 0) is 9.84 Å². The first-order valence-electron chi connectivity index (χ1n) is 11.5. The Labute approximate surface area is 213 Å². The van der Waals surface area contributed by atoms with Crippen molar-refractivity contribution in [1.29, 1.82) is 0 Å². The van der Waals surface area contributed by atoms with E-state index in [1.54, 1.807) is 4.90 Å². The van der Waals surface area contributed by atoms with Gasteiger partial charge in [0.25, 0.3) is 5.91 Å². The van der Waals surface area contributed by atoms with Crippen LogP contribution < -0.4 is 5.32 Å². The van der Waals surface area contributed by atoms with Crippen LogP contribution in [0.15, 0.2) is 52.7 Å². The van der Waals surface area contributed by atoms with Gasteiger partial charge in [-0.15, -0.1) is 11.3 Å². The van der Waals surface area contributed by atoms with E-state index in [1.807, 2.05) is 47.4 Å². The lowest BCUT2D eigenvalue weighted by atomic mass is 9.78. The molecule has 2 aliphatic rings. The maximum atomic E-state index is 13.1. The summed E-state index contributed by atoms with van der Waals surface area (Å²) in [4.78, 5) is 30.0. The third kappa shape index (κ3) is 4.64. The molecule has 3 heterocycles. The van der Waals surface area contributed by atoms with E-state index in [9.17, 15) is 18.0 Å². The van der Waals surface area contributed by atoms with Crippen molar-refractivity contribution < 1.29 is 18.0 Å². The van der Waals surface area contributed by atoms with Gasteiger partial charge in [-0.25, -0.2) is 13.2 Å². The van der Waals surface area contributed by atoms with E-state index in [0.29, 0.717) is 26.2 Å². The first-order valence-corrected chi connectivity index (χ1v) is 14.6. The number of hydrogen-bond donors (Lipinski definition) is 1. The predicted molar refractivity (Wildman–Crippen MR) is 139 cm³/mol. The van der Waals surface area contributed by atoms with E-state index in [0.717, 1.165) is 53.3 Å². The second-order valence-corrected chi connectivity index (χ2v) is 12.7. The summed E-state index contributed by atoms with van der Waals surface area (Å²) >= 11 is 7.32. The Bertz CT molecular complexity index is 1410. The summed E-state index contributed by atoms with van der Waals surface area (Å²) in [5.41, 5.74) is 0.766. The van der Waals surface area contributed by atoms with Gasteiger partial charge in [-0.3, -0.25) is 4.79 Å². The Balaban J connectivity index is 1.21. The number of halogens is 1. The highest BCUT2D eigenvalue weighted by Gasteiger charge is 2.43. The van der Waals surface area contributed by atoms with Crippen molar-refractivity contribution in [3.05, 3.63) is 57.7 Å². The molecule has 7 nitrogen and oxygen atoms in total. The third-order valence-corrected chi connectivity index (χ3v) is 10.0. The molecular formula is C25H26ClN3O4S2. The second-order valence-electron chi connectivity index (χ2n) is 9.44. The lowest BCUT2D eigenvalue weighted by Gasteiger charge is -2.39. The fourth-order valence-corrected chi connectivity index (χ4v) is 7.97. The number of carbonyl (C=O) groups is 2. The van der Waals surface area contributed by atoms with Crippen molar-refractivity contribution in [1.82, 2.24) is 9.80 Å². The van der Waals surface area contributed by atoms with Gasteiger partial charge in [-0.1, -0.05) is 48.0 Å². The zero-order valence-electron chi connectivity index (χ0n) is 19.3. The zero-order chi connectivity index (χ0) is 24.8. The number of anilines is 1. The molecular weight excluding hydrogens is 506 g/mol. The summed E-state index contributed by atoms with van der Waals surface area (Å²) in [6, 6.07) is 13.7. The van der Waals surface area contributed by atoms with E-state index < -0.39 is 9.84 Å². The highest BCUT2D eigenvalue weighted by Crippen LogP contribution is 2.42. The van der Waals surface area contributed by atoms with Crippen LogP contribution in [0.4, 0.5) is 10.5 Å². The molecule has 35 heavy (non-hydrogen) atoms. The van der Waals surface area contributed by atoms with Crippen molar-refractivity contribution >= 4 is 61.2 Å². The van der Waals surface area contributed by atoms with E-state index >= 15 is 0 Å². The lowest BCUT2D eigenvalue weighted by molar-refractivity contribution is 0.0744. The molecule has 0 aliphatic carbocycles. The third-order valence-electron chi connectivity index (χ3n) is 7.16. The minimum absolute atomic E-state index is 0.00643. The Morgan fingerprint density at radius 3 is 2.34 bits per heavy atom. The maximum Gasteiger partial charge on any atom is 0.321 e. The summed E-state index contributed by atoms with van der Waals surface area (Å²) < 4.78 is 23.8. The number of nitrogens with zero attached hydrogens (tertiary/aromatic N) is 2. The van der Waals surface area contributed by atoms with Crippen LogP contribution in [0.1, 0.15) is 28.9 Å². The Hall–Kier alpha value is -2.62. The number of fused-ring (bicyclic) bond motifs is 1. The normalized spacial score (nSPS) is 17.8. The molecule has 0 unspecified atom stereocenters. The summed E-state index contributed by atoms with van der Waals surface area (Å²) in [7, 11) is -3.48. The predicted octanol–water partition coefficient (Wildman–Crippen LogP) is 5.12. The Morgan fingerprint density at radius 1 is 1.00 bits per heavy atom. The quantitative estimate of drug-likeness (QED) is 0.508. The fraction of sp³-hybridized carbons (Fsp3) is 0.360. The molecule has 0 saturated carbocycles. The number of urea groups is 1. The van der Waals surface area contributed by atoms with Gasteiger partial charge in [0, 0.05) is 43.2 Å². The van der Waals surface area contributed by atoms with Gasteiger partial charge < -0.3 is 15.1 Å². The number of rotatable bonds is 3. The van der Waals surface area contributed by atoms with Gasteiger partial charge in [-0.05, 0) is 36.1 Å². The maximum absolute atomic E-state index is 13.1. The highest BCUT2D eigenvalue weighted by atomic mass is 35.5. The SMILES string of the molecule is CS(=O)(=O)c1csc(C(=O)N2CCC3(CCN(C(=O)Nc4cccc5ccccc45)CC3)C2)c1Cl. The van der Waals surface area contributed by atoms with Crippen molar-refractivity contribution in [2.45, 2.75) is 24.2 Å². The molecule has 2 aliphatic heterocycles. The average molecular weight is 532 g/mol. The van der Waals surface area contributed by atoms with E-state index in [-0.39, 0.29) is 32.1 Å². The van der Waals surface area contributed by atoms with Gasteiger partial charge in [0.2, 0.25) is 0 Å². The molecule has 10 heteroatoms. The monoisotopic (exact) mass is 531 g/mol. The number of sulfone groups is 1. The molecule has 1 N–H and O–H groups in total. The zero-order valence-corrected chi connectivity index (χ0v) is 21.7. The molecule has 2 saturated heterocycles. The van der Waals surface area contributed by atoms with Crippen LogP contribution in [0.3, 0.4) is 0 Å². The molecule has 3 amide bonds. The van der Waals surface area contributed by atoms with Crippen molar-refractivity contribution in [2.24, 2.45) is 5.41 Å². The molecule has 2 aromatic carbocycles. The average Bonchev–Trinajstić information content (AvgIpc) is 3.43. The molecule has 184 valence electrons. The number of amides is 3. The number of piperidine rings is 1. The Kier molecular flexibility index (Phi) is 6.27. The van der Waals surface area contributed by atoms with Gasteiger partial charge in [0.05, 0.1) is 15.6 Å². The van der Waals surface area contributed by atoms with Gasteiger partial charge in [0.15, 0.2) is 9.84 Å². The van der Waals surface area contributed by atoms with Crippen molar-refractivity contribution in [3.8, 4) is 0 Å². The molecule has 1 aromatic heterocycles. The topological polar surface area (TPSA) is 86.8 Å². The molecule has 0 radical (unpaired) electrons. The molecule has 1 spiro atoms. The highest BCUT2D eigenvalue weighted by molar-refractivity contribution is 7.91. The minimum Gasteiger partial charge on any atom is -0.337 e. The number of hydrogen-bond acceptors (Lipinski definition) is 5. The van der Waals surface area contributed by atoms with E-state index in [2.05, 4.69) is 5.32 Å². The standard InChI is InChI=1S/C25H26ClN3O4S2/c1-35(32,33)20-15-34-22(21(20)26)23(30)29-14-11-25(16-29)9-12-28(13-10-25)24(31)27-19-8-4-6-17-5-2-3-7-18(17)19/h2-8,15H,9-14,16H2,1H3,(H,27,31). The van der Waals surface area contributed by atoms with Crippen LogP contribution in [-0.4, -0.2) is 62.6 Å². The van der Waals surface area contributed by atoms with Crippen LogP contribution in [0, 0.1) is 5.41 Å². The van der Waals surface area contributed by atoms with Crippen LogP contribution in [0.5, 0.6) is 0 Å². The summed E-state index contributed by atoms with van der Waals surface area (Å²) in [6.45, 7) is 2.43. The summed E-state index contributed by atoms with van der Waals surface area (Å²) in [5, 5.41) is 6.60. The number of likely N-dealkylation sites (tertiary alicyclic amines) is 2. The van der Waals surface area contributed by atoms with Gasteiger partial charge in [-0.2, -0.15) is 0 Å². The van der Waals surface area contributed by atoms with Gasteiger partial charge in [0.1, 0.15) is 4.88 Å².